The summed E-state index contributed by atoms with van der Waals surface area (Å²) in [7, 11) is 0. The largest absolute Gasteiger partial charge is 0.459 e. The van der Waals surface area contributed by atoms with E-state index in [0.29, 0.717) is 11.3 Å². The van der Waals surface area contributed by atoms with Crippen molar-refractivity contribution in [2.75, 3.05) is 12.4 Å². The smallest absolute Gasteiger partial charge is 0.338 e. The molecule has 0 aromatic heterocycles. The van der Waals surface area contributed by atoms with Crippen molar-refractivity contribution in [3.05, 3.63) is 35.9 Å². The number of carbonyl (C=O) groups is 2. The number of thioether (sulfide) groups is 1. The van der Waals surface area contributed by atoms with Crippen LogP contribution in [0.15, 0.2) is 30.3 Å². The lowest BCUT2D eigenvalue weighted by Crippen LogP contribution is -2.29. The van der Waals surface area contributed by atoms with Crippen LogP contribution in [0.3, 0.4) is 0 Å². The van der Waals surface area contributed by atoms with E-state index in [4.69, 9.17) is 4.74 Å². The minimum absolute atomic E-state index is 0.00856. The summed E-state index contributed by atoms with van der Waals surface area (Å²) >= 11 is 1.45. The van der Waals surface area contributed by atoms with Crippen molar-refractivity contribution in [1.29, 1.82) is 0 Å². The molecule has 2 rings (SSSR count). The van der Waals surface area contributed by atoms with E-state index in [1.807, 2.05) is 6.07 Å². The van der Waals surface area contributed by atoms with Crippen molar-refractivity contribution in [2.45, 2.75) is 5.37 Å². The van der Waals surface area contributed by atoms with E-state index < -0.39 is 0 Å². The predicted molar refractivity (Wildman–Crippen MR) is 61.1 cm³/mol. The molecule has 1 unspecified atom stereocenters. The second-order valence-electron chi connectivity index (χ2n) is 3.33. The molecule has 0 bridgehead atoms. The Balaban J connectivity index is 1.82. The number of hydrogen-bond donors (Lipinski definition) is 1. The summed E-state index contributed by atoms with van der Waals surface area (Å²) < 4.78 is 5.09. The van der Waals surface area contributed by atoms with Gasteiger partial charge < -0.3 is 10.1 Å². The van der Waals surface area contributed by atoms with Crippen molar-refractivity contribution in [2.24, 2.45) is 0 Å². The first-order chi connectivity index (χ1) is 7.75. The van der Waals surface area contributed by atoms with Gasteiger partial charge in [-0.05, 0) is 12.1 Å². The molecule has 0 saturated carbocycles. The van der Waals surface area contributed by atoms with Crippen molar-refractivity contribution in [3.8, 4) is 0 Å². The molecule has 5 heteroatoms. The Morgan fingerprint density at radius 3 is 2.81 bits per heavy atom. The van der Waals surface area contributed by atoms with Gasteiger partial charge in [0.25, 0.3) is 0 Å². The third kappa shape index (κ3) is 2.76. The summed E-state index contributed by atoms with van der Waals surface area (Å²) in [6.07, 6.45) is 0. The van der Waals surface area contributed by atoms with Crippen molar-refractivity contribution in [1.82, 2.24) is 5.32 Å². The van der Waals surface area contributed by atoms with Gasteiger partial charge in [0.15, 0.2) is 0 Å². The summed E-state index contributed by atoms with van der Waals surface area (Å²) in [5.41, 5.74) is 0.525. The molecular weight excluding hydrogens is 226 g/mol. The summed E-state index contributed by atoms with van der Waals surface area (Å²) in [5, 5.41) is 2.60. The van der Waals surface area contributed by atoms with Crippen LogP contribution in [0, 0.1) is 0 Å². The fraction of sp³-hybridized carbons (Fsp3) is 0.273. The van der Waals surface area contributed by atoms with Gasteiger partial charge in [0.05, 0.1) is 11.3 Å². The number of carbonyl (C=O) groups excluding carboxylic acids is 2. The molecule has 0 spiro atoms. The van der Waals surface area contributed by atoms with Gasteiger partial charge in [-0.2, -0.15) is 0 Å². The minimum atomic E-state index is -0.359. The van der Waals surface area contributed by atoms with Crippen LogP contribution in [0.2, 0.25) is 0 Å². The van der Waals surface area contributed by atoms with Crippen molar-refractivity contribution >= 4 is 23.6 Å². The normalized spacial score (nSPS) is 19.2. The van der Waals surface area contributed by atoms with Crippen LogP contribution >= 0.6 is 11.8 Å². The summed E-state index contributed by atoms with van der Waals surface area (Å²) in [4.78, 5) is 22.4. The molecule has 1 amide bonds. The Morgan fingerprint density at radius 2 is 2.19 bits per heavy atom. The molecule has 1 aliphatic rings. The zero-order valence-corrected chi connectivity index (χ0v) is 9.33. The monoisotopic (exact) mass is 237 g/mol. The highest BCUT2D eigenvalue weighted by atomic mass is 32.2. The number of amides is 1. The Hall–Kier alpha value is -1.49. The standard InChI is InChI=1S/C11H11NO3S/c13-9-7-16-10(12-9)6-15-11(14)8-4-2-1-3-5-8/h1-5,10H,6-7H2,(H,12,13). The van der Waals surface area contributed by atoms with Crippen LogP contribution in [0.4, 0.5) is 0 Å². The summed E-state index contributed by atoms with van der Waals surface area (Å²) in [6.45, 7) is 0.212. The molecule has 1 fully saturated rings. The van der Waals surface area contributed by atoms with Gasteiger partial charge in [-0.3, -0.25) is 4.79 Å². The first-order valence-electron chi connectivity index (χ1n) is 4.89. The first-order valence-corrected chi connectivity index (χ1v) is 5.94. The molecule has 1 heterocycles. The van der Waals surface area contributed by atoms with E-state index in [1.165, 1.54) is 11.8 Å². The van der Waals surface area contributed by atoms with E-state index in [9.17, 15) is 9.59 Å². The van der Waals surface area contributed by atoms with Crippen molar-refractivity contribution in [3.63, 3.8) is 0 Å². The molecule has 1 aromatic rings. The van der Waals surface area contributed by atoms with Gasteiger partial charge in [-0.1, -0.05) is 18.2 Å². The van der Waals surface area contributed by atoms with Crippen molar-refractivity contribution < 1.29 is 14.3 Å². The average molecular weight is 237 g/mol. The highest BCUT2D eigenvalue weighted by Crippen LogP contribution is 2.15. The number of rotatable bonds is 3. The molecule has 1 aliphatic heterocycles. The van der Waals surface area contributed by atoms with Gasteiger partial charge in [-0.25, -0.2) is 4.79 Å². The molecule has 1 aromatic carbocycles. The average Bonchev–Trinajstić information content (AvgIpc) is 2.73. The van der Waals surface area contributed by atoms with E-state index >= 15 is 0 Å². The van der Waals surface area contributed by atoms with Crippen LogP contribution in [0.5, 0.6) is 0 Å². The van der Waals surface area contributed by atoms with Gasteiger partial charge in [-0.15, -0.1) is 11.8 Å². The Bertz CT molecular complexity index is 393. The lowest BCUT2D eigenvalue weighted by molar-refractivity contribution is -0.118. The van der Waals surface area contributed by atoms with Crippen LogP contribution in [-0.2, 0) is 9.53 Å². The second kappa shape index (κ2) is 5.03. The Labute approximate surface area is 97.4 Å². The van der Waals surface area contributed by atoms with E-state index in [0.717, 1.165) is 0 Å². The van der Waals surface area contributed by atoms with E-state index in [2.05, 4.69) is 5.32 Å². The number of benzene rings is 1. The van der Waals surface area contributed by atoms with Gasteiger partial charge in [0.2, 0.25) is 5.91 Å². The predicted octanol–water partition coefficient (Wildman–Crippen LogP) is 1.03. The SMILES string of the molecule is O=C1CSC(COC(=O)c2ccccc2)N1. The van der Waals surface area contributed by atoms with Gasteiger partial charge in [0.1, 0.15) is 12.0 Å². The highest BCUT2D eigenvalue weighted by Gasteiger charge is 2.22. The zero-order chi connectivity index (χ0) is 11.4. The van der Waals surface area contributed by atoms with Crippen LogP contribution in [-0.4, -0.2) is 29.6 Å². The van der Waals surface area contributed by atoms with Gasteiger partial charge in [0, 0.05) is 0 Å². The second-order valence-corrected chi connectivity index (χ2v) is 4.52. The maximum Gasteiger partial charge on any atom is 0.338 e. The van der Waals surface area contributed by atoms with Gasteiger partial charge >= 0.3 is 5.97 Å². The number of nitrogens with one attached hydrogen (secondary N) is 1. The molecule has 84 valence electrons. The van der Waals surface area contributed by atoms with Crippen LogP contribution < -0.4 is 5.32 Å². The summed E-state index contributed by atoms with van der Waals surface area (Å²) in [6, 6.07) is 8.79. The number of ether oxygens (including phenoxy) is 1. The van der Waals surface area contributed by atoms with Crippen LogP contribution in [0.25, 0.3) is 0 Å². The maximum atomic E-state index is 11.5. The lowest BCUT2D eigenvalue weighted by Gasteiger charge is -2.09. The maximum absolute atomic E-state index is 11.5. The Kier molecular flexibility index (Phi) is 3.46. The Morgan fingerprint density at radius 1 is 1.44 bits per heavy atom. The minimum Gasteiger partial charge on any atom is -0.459 e. The molecule has 4 nitrogen and oxygen atoms in total. The quantitative estimate of drug-likeness (QED) is 0.798. The highest BCUT2D eigenvalue weighted by molar-refractivity contribution is 8.01. The molecule has 1 N–H and O–H groups in total. The molecule has 0 aliphatic carbocycles. The first kappa shape index (κ1) is 11.0. The molecular formula is C11H11NO3S. The van der Waals surface area contributed by atoms with E-state index in [-0.39, 0.29) is 23.9 Å². The third-order valence-corrected chi connectivity index (χ3v) is 3.20. The fourth-order valence-electron chi connectivity index (χ4n) is 1.34. The molecule has 0 radical (unpaired) electrons. The molecule has 16 heavy (non-hydrogen) atoms. The number of esters is 1. The zero-order valence-electron chi connectivity index (χ0n) is 8.51. The molecule has 1 atom stereocenters. The van der Waals surface area contributed by atoms with E-state index in [1.54, 1.807) is 24.3 Å². The third-order valence-electron chi connectivity index (χ3n) is 2.11. The number of hydrogen-bond acceptors (Lipinski definition) is 4. The molecule has 1 saturated heterocycles. The lowest BCUT2D eigenvalue weighted by atomic mass is 10.2. The summed E-state index contributed by atoms with van der Waals surface area (Å²) in [5.74, 6) is 0.0706. The fourth-order valence-corrected chi connectivity index (χ4v) is 2.15. The van der Waals surface area contributed by atoms with Crippen LogP contribution in [0.1, 0.15) is 10.4 Å². The topological polar surface area (TPSA) is 55.4 Å².